The number of halogens is 1. The van der Waals surface area contributed by atoms with Gasteiger partial charge >= 0.3 is 0 Å². The Morgan fingerprint density at radius 3 is 2.50 bits per heavy atom. The molecule has 14 heavy (non-hydrogen) atoms. The molecular formula is C12H18ClN. The molecular weight excluding hydrogens is 194 g/mol. The second-order valence-corrected chi connectivity index (χ2v) is 4.03. The maximum Gasteiger partial charge on any atom is 0.0690 e. The van der Waals surface area contributed by atoms with Crippen LogP contribution in [-0.2, 0) is 6.42 Å². The van der Waals surface area contributed by atoms with Gasteiger partial charge in [0.25, 0.3) is 0 Å². The summed E-state index contributed by atoms with van der Waals surface area (Å²) in [5.41, 5.74) is 2.43. The Balaban J connectivity index is 3.41. The molecule has 0 spiro atoms. The third-order valence-corrected chi connectivity index (χ3v) is 2.91. The van der Waals surface area contributed by atoms with E-state index in [0.717, 1.165) is 40.5 Å². The van der Waals surface area contributed by atoms with Crippen LogP contribution in [-0.4, -0.2) is 4.98 Å². The summed E-state index contributed by atoms with van der Waals surface area (Å²) in [7, 11) is 0. The van der Waals surface area contributed by atoms with E-state index in [4.69, 9.17) is 11.6 Å². The molecule has 0 saturated heterocycles. The summed E-state index contributed by atoms with van der Waals surface area (Å²) in [5, 5.41) is 2.95. The van der Waals surface area contributed by atoms with E-state index in [0.29, 0.717) is 0 Å². The molecule has 2 heteroatoms. The lowest BCUT2D eigenvalue weighted by Gasteiger charge is -1.96. The van der Waals surface area contributed by atoms with E-state index in [1.165, 1.54) is 5.57 Å². The van der Waals surface area contributed by atoms with Crippen LogP contribution in [0.1, 0.15) is 39.3 Å². The summed E-state index contributed by atoms with van der Waals surface area (Å²) < 4.78 is 0. The molecule has 0 fully saturated rings. The summed E-state index contributed by atoms with van der Waals surface area (Å²) >= 11 is 6.27. The van der Waals surface area contributed by atoms with Crippen molar-refractivity contribution >= 4 is 23.8 Å². The van der Waals surface area contributed by atoms with Gasteiger partial charge in [-0.2, -0.15) is 0 Å². The van der Waals surface area contributed by atoms with Crippen LogP contribution in [0.3, 0.4) is 0 Å². The quantitative estimate of drug-likeness (QED) is 0.791. The molecule has 1 N–H and O–H groups in total. The first-order valence-electron chi connectivity index (χ1n) is 5.16. The number of hydrogen-bond acceptors (Lipinski definition) is 0. The molecule has 0 saturated carbocycles. The fraction of sp³-hybridized carbons (Fsp3) is 0.500. The Kier molecular flexibility index (Phi) is 3.82. The van der Waals surface area contributed by atoms with Gasteiger partial charge in [-0.1, -0.05) is 44.0 Å². The molecule has 0 aromatic carbocycles. The smallest absolute Gasteiger partial charge is 0.0690 e. The van der Waals surface area contributed by atoms with Crippen LogP contribution < -0.4 is 10.6 Å². The van der Waals surface area contributed by atoms with Gasteiger partial charge in [0.1, 0.15) is 0 Å². The van der Waals surface area contributed by atoms with Crippen LogP contribution >= 0.6 is 11.6 Å². The zero-order chi connectivity index (χ0) is 10.7. The van der Waals surface area contributed by atoms with Crippen molar-refractivity contribution in [2.75, 3.05) is 0 Å². The number of nitrogens with one attached hydrogen (secondary N) is 1. The first-order chi connectivity index (χ1) is 6.61. The second-order valence-electron chi connectivity index (χ2n) is 3.65. The molecule has 1 aromatic rings. The number of aromatic nitrogens is 1. The van der Waals surface area contributed by atoms with Crippen LogP contribution in [0.2, 0.25) is 5.02 Å². The third kappa shape index (κ3) is 2.03. The van der Waals surface area contributed by atoms with Gasteiger partial charge in [-0.25, -0.2) is 0 Å². The molecule has 0 aliphatic heterocycles. The van der Waals surface area contributed by atoms with E-state index in [9.17, 15) is 0 Å². The van der Waals surface area contributed by atoms with Gasteiger partial charge in [-0.3, -0.25) is 0 Å². The second kappa shape index (κ2) is 4.70. The van der Waals surface area contributed by atoms with Crippen LogP contribution in [0.25, 0.3) is 12.2 Å². The summed E-state index contributed by atoms with van der Waals surface area (Å²) in [6, 6.07) is 0. The van der Waals surface area contributed by atoms with Gasteiger partial charge in [0.15, 0.2) is 0 Å². The maximum absolute atomic E-state index is 6.27. The molecule has 0 aliphatic rings. The van der Waals surface area contributed by atoms with Crippen LogP contribution in [0.15, 0.2) is 0 Å². The van der Waals surface area contributed by atoms with Gasteiger partial charge in [-0.15, -0.1) is 0 Å². The van der Waals surface area contributed by atoms with Gasteiger partial charge in [0.2, 0.25) is 0 Å². The van der Waals surface area contributed by atoms with Crippen LogP contribution in [0.4, 0.5) is 0 Å². The first-order valence-corrected chi connectivity index (χ1v) is 5.54. The SMILES string of the molecule is C=c1[nH]c(CC)c(Cl)/c1=C(\C)CCC. The van der Waals surface area contributed by atoms with Crippen molar-refractivity contribution in [3.05, 3.63) is 21.3 Å². The maximum atomic E-state index is 6.27. The molecule has 0 unspecified atom stereocenters. The minimum Gasteiger partial charge on any atom is -0.358 e. The highest BCUT2D eigenvalue weighted by Gasteiger charge is 2.05. The molecule has 1 heterocycles. The highest BCUT2D eigenvalue weighted by Crippen LogP contribution is 2.10. The van der Waals surface area contributed by atoms with Crippen molar-refractivity contribution in [1.82, 2.24) is 4.98 Å². The molecule has 1 nitrogen and oxygen atoms in total. The Morgan fingerprint density at radius 2 is 2.07 bits per heavy atom. The summed E-state index contributed by atoms with van der Waals surface area (Å²) in [6.07, 6.45) is 3.16. The average molecular weight is 212 g/mol. The molecule has 0 aliphatic carbocycles. The highest BCUT2D eigenvalue weighted by atomic mass is 35.5. The molecule has 1 aromatic heterocycles. The van der Waals surface area contributed by atoms with E-state index in [1.54, 1.807) is 0 Å². The molecule has 1 rings (SSSR count). The molecule has 0 radical (unpaired) electrons. The lowest BCUT2D eigenvalue weighted by Crippen LogP contribution is -2.23. The highest BCUT2D eigenvalue weighted by molar-refractivity contribution is 6.31. The zero-order valence-electron chi connectivity index (χ0n) is 9.21. The third-order valence-electron chi connectivity index (χ3n) is 2.49. The Hall–Kier alpha value is -0.690. The molecule has 0 atom stereocenters. The Bertz CT molecular complexity index is 414. The topological polar surface area (TPSA) is 15.8 Å². The van der Waals surface area contributed by atoms with Gasteiger partial charge in [-0.05, 0) is 19.8 Å². The van der Waals surface area contributed by atoms with Crippen molar-refractivity contribution in [1.29, 1.82) is 0 Å². The van der Waals surface area contributed by atoms with Gasteiger partial charge in [0, 0.05) is 16.3 Å². The molecule has 0 amide bonds. The zero-order valence-corrected chi connectivity index (χ0v) is 9.96. The van der Waals surface area contributed by atoms with Crippen molar-refractivity contribution < 1.29 is 0 Å². The van der Waals surface area contributed by atoms with Crippen LogP contribution in [0, 0.1) is 0 Å². The fourth-order valence-electron chi connectivity index (χ4n) is 1.77. The van der Waals surface area contributed by atoms with Crippen molar-refractivity contribution in [2.24, 2.45) is 0 Å². The lowest BCUT2D eigenvalue weighted by molar-refractivity contribution is 0.961. The number of aromatic amines is 1. The summed E-state index contributed by atoms with van der Waals surface area (Å²) in [4.78, 5) is 3.24. The van der Waals surface area contributed by atoms with Gasteiger partial charge in [0.05, 0.1) is 5.02 Å². The van der Waals surface area contributed by atoms with E-state index < -0.39 is 0 Å². The normalized spacial score (nSPS) is 13.1. The predicted octanol–water partition coefficient (Wildman–Crippen LogP) is 2.61. The van der Waals surface area contributed by atoms with Crippen LogP contribution in [0.5, 0.6) is 0 Å². The number of aryl methyl sites for hydroxylation is 1. The van der Waals surface area contributed by atoms with E-state index in [1.807, 2.05) is 0 Å². The summed E-state index contributed by atoms with van der Waals surface area (Å²) in [6.45, 7) is 10.4. The Morgan fingerprint density at radius 1 is 1.43 bits per heavy atom. The average Bonchev–Trinajstić information content (AvgIpc) is 2.41. The Labute approximate surface area is 90.5 Å². The standard InChI is InChI=1S/C12H18ClN/c1-5-7-8(3)11-9(4)14-10(6-2)12(11)13/h14H,4-7H2,1-3H3/b11-8+. The molecule has 0 bridgehead atoms. The van der Waals surface area contributed by atoms with Gasteiger partial charge < -0.3 is 4.98 Å². The van der Waals surface area contributed by atoms with E-state index in [-0.39, 0.29) is 0 Å². The minimum absolute atomic E-state index is 0.864. The van der Waals surface area contributed by atoms with Crippen molar-refractivity contribution in [3.63, 3.8) is 0 Å². The number of hydrogen-bond donors (Lipinski definition) is 1. The lowest BCUT2D eigenvalue weighted by atomic mass is 10.1. The van der Waals surface area contributed by atoms with E-state index >= 15 is 0 Å². The van der Waals surface area contributed by atoms with Crippen molar-refractivity contribution in [2.45, 2.75) is 40.0 Å². The fourth-order valence-corrected chi connectivity index (χ4v) is 2.23. The largest absolute Gasteiger partial charge is 0.358 e. The van der Waals surface area contributed by atoms with E-state index in [2.05, 4.69) is 32.3 Å². The van der Waals surface area contributed by atoms with Crippen molar-refractivity contribution in [3.8, 4) is 0 Å². The summed E-state index contributed by atoms with van der Waals surface area (Å²) in [5.74, 6) is 0. The monoisotopic (exact) mass is 211 g/mol. The number of rotatable bonds is 3. The predicted molar refractivity (Wildman–Crippen MR) is 63.9 cm³/mol. The first kappa shape index (κ1) is 11.4. The number of H-pyrrole nitrogens is 1. The minimum atomic E-state index is 0.864. The molecule has 78 valence electrons.